The lowest BCUT2D eigenvalue weighted by Gasteiger charge is -2.17. The third-order valence-corrected chi connectivity index (χ3v) is 4.90. The van der Waals surface area contributed by atoms with Crippen LogP contribution in [0.3, 0.4) is 0 Å². The average molecular weight is 416 g/mol. The minimum absolute atomic E-state index is 0.0113. The molecule has 0 aliphatic heterocycles. The lowest BCUT2D eigenvalue weighted by molar-refractivity contribution is -0.136. The normalized spacial score (nSPS) is 11.5. The van der Waals surface area contributed by atoms with E-state index in [9.17, 15) is 9.90 Å². The lowest BCUT2D eigenvalue weighted by atomic mass is 9.96. The highest BCUT2D eigenvalue weighted by atomic mass is 35.5. The number of aryl methyl sites for hydroxylation is 1. The number of aliphatic carboxylic acids is 1. The highest BCUT2D eigenvalue weighted by Crippen LogP contribution is 2.33. The van der Waals surface area contributed by atoms with Gasteiger partial charge in [-0.25, -0.2) is 4.52 Å². The number of rotatable bonds is 9. The summed E-state index contributed by atoms with van der Waals surface area (Å²) in [7, 11) is 0. The van der Waals surface area contributed by atoms with Gasteiger partial charge in [-0.15, -0.1) is 0 Å². The van der Waals surface area contributed by atoms with Crippen molar-refractivity contribution in [2.75, 3.05) is 6.61 Å². The van der Waals surface area contributed by atoms with Gasteiger partial charge in [0.15, 0.2) is 0 Å². The van der Waals surface area contributed by atoms with Gasteiger partial charge < -0.3 is 9.84 Å². The summed E-state index contributed by atoms with van der Waals surface area (Å²) in [6, 6.07) is 5.92. The smallest absolute Gasteiger partial charge is 0.303 e. The maximum Gasteiger partial charge on any atom is 0.303 e. The Morgan fingerprint density at radius 3 is 2.76 bits per heavy atom. The fourth-order valence-electron chi connectivity index (χ4n) is 3.41. The molecule has 0 aliphatic rings. The number of fused-ring (bicyclic) bond motifs is 1. The molecule has 0 saturated heterocycles. The first-order chi connectivity index (χ1) is 13.9. The van der Waals surface area contributed by atoms with Crippen LogP contribution in [0, 0.1) is 5.92 Å². The zero-order valence-corrected chi connectivity index (χ0v) is 17.7. The van der Waals surface area contributed by atoms with E-state index in [1.807, 2.05) is 22.7 Å². The first-order valence-corrected chi connectivity index (χ1v) is 10.2. The van der Waals surface area contributed by atoms with Crippen molar-refractivity contribution >= 4 is 23.1 Å². The quantitative estimate of drug-likeness (QED) is 0.543. The van der Waals surface area contributed by atoms with Crippen molar-refractivity contribution in [2.24, 2.45) is 5.92 Å². The van der Waals surface area contributed by atoms with E-state index in [1.54, 1.807) is 12.4 Å². The Balaban J connectivity index is 2.22. The van der Waals surface area contributed by atoms with Crippen molar-refractivity contribution < 1.29 is 14.6 Å². The number of pyridine rings is 1. The summed E-state index contributed by atoms with van der Waals surface area (Å²) in [5.41, 5.74) is 5.37. The number of carbonyl (C=O) groups is 1. The van der Waals surface area contributed by atoms with E-state index < -0.39 is 5.97 Å². The van der Waals surface area contributed by atoms with Gasteiger partial charge in [-0.1, -0.05) is 32.4 Å². The molecule has 0 spiro atoms. The van der Waals surface area contributed by atoms with Crippen molar-refractivity contribution in [3.63, 3.8) is 0 Å². The van der Waals surface area contributed by atoms with E-state index in [0.29, 0.717) is 30.6 Å². The molecule has 154 valence electrons. The minimum Gasteiger partial charge on any atom is -0.481 e. The number of aromatic nitrogens is 3. The molecular formula is C22H26ClN3O3. The summed E-state index contributed by atoms with van der Waals surface area (Å²) in [6.07, 6.45) is 4.53. The second kappa shape index (κ2) is 9.37. The number of hydrogen-bond acceptors (Lipinski definition) is 4. The standard InChI is InChI=1S/C22H26ClN3O3/c1-4-17-5-7-20-22(15-9-16(23)11-24-10-15)18(6-8-21(27)28)19(25-26(17)20)13-29-12-14(2)3/h5,7,9-11,14H,4,6,8,12-13H2,1-3H3,(H,27,28). The number of nitrogens with zero attached hydrogens (tertiary/aromatic N) is 3. The third-order valence-electron chi connectivity index (χ3n) is 4.70. The molecule has 0 saturated carbocycles. The first-order valence-electron chi connectivity index (χ1n) is 9.83. The summed E-state index contributed by atoms with van der Waals surface area (Å²) in [4.78, 5) is 15.5. The van der Waals surface area contributed by atoms with Crippen LogP contribution in [-0.2, 0) is 29.0 Å². The van der Waals surface area contributed by atoms with Gasteiger partial charge in [0.1, 0.15) is 0 Å². The van der Waals surface area contributed by atoms with Crippen LogP contribution in [0.5, 0.6) is 0 Å². The van der Waals surface area contributed by atoms with Crippen molar-refractivity contribution in [1.82, 2.24) is 14.6 Å². The zero-order valence-electron chi connectivity index (χ0n) is 17.0. The molecule has 0 bridgehead atoms. The van der Waals surface area contributed by atoms with Crippen molar-refractivity contribution in [1.29, 1.82) is 0 Å². The molecule has 0 radical (unpaired) electrons. The predicted molar refractivity (Wildman–Crippen MR) is 113 cm³/mol. The lowest BCUT2D eigenvalue weighted by Crippen LogP contribution is -2.12. The van der Waals surface area contributed by atoms with Gasteiger partial charge in [-0.05, 0) is 42.5 Å². The summed E-state index contributed by atoms with van der Waals surface area (Å²) in [5, 5.41) is 14.6. The van der Waals surface area contributed by atoms with Crippen LogP contribution >= 0.6 is 11.6 Å². The van der Waals surface area contributed by atoms with Gasteiger partial charge in [-0.2, -0.15) is 5.10 Å². The number of carboxylic acids is 1. The fraction of sp³-hybridized carbons (Fsp3) is 0.409. The number of halogens is 1. The van der Waals surface area contributed by atoms with E-state index in [1.165, 1.54) is 0 Å². The molecule has 3 aromatic heterocycles. The number of carboxylic acid groups (broad SMARTS) is 1. The van der Waals surface area contributed by atoms with Gasteiger partial charge in [0, 0.05) is 42.2 Å². The van der Waals surface area contributed by atoms with E-state index in [-0.39, 0.29) is 6.42 Å². The summed E-state index contributed by atoms with van der Waals surface area (Å²) in [5.74, 6) is -0.450. The van der Waals surface area contributed by atoms with Crippen LogP contribution < -0.4 is 0 Å². The minimum atomic E-state index is -0.848. The van der Waals surface area contributed by atoms with Gasteiger partial charge >= 0.3 is 5.97 Å². The van der Waals surface area contributed by atoms with Crippen molar-refractivity contribution in [3.05, 3.63) is 52.6 Å². The van der Waals surface area contributed by atoms with E-state index in [0.717, 1.165) is 40.0 Å². The molecule has 0 aliphatic carbocycles. The monoisotopic (exact) mass is 415 g/mol. The van der Waals surface area contributed by atoms with Gasteiger partial charge in [0.05, 0.1) is 22.8 Å². The fourth-order valence-corrected chi connectivity index (χ4v) is 3.58. The van der Waals surface area contributed by atoms with Crippen LogP contribution in [0.25, 0.3) is 16.6 Å². The van der Waals surface area contributed by atoms with Crippen molar-refractivity contribution in [3.8, 4) is 11.1 Å². The van der Waals surface area contributed by atoms with E-state index in [4.69, 9.17) is 21.4 Å². The molecule has 3 heterocycles. The van der Waals surface area contributed by atoms with Gasteiger partial charge in [0.2, 0.25) is 0 Å². The van der Waals surface area contributed by atoms with Crippen LogP contribution in [0.2, 0.25) is 5.02 Å². The van der Waals surface area contributed by atoms with Crippen molar-refractivity contribution in [2.45, 2.75) is 46.6 Å². The summed E-state index contributed by atoms with van der Waals surface area (Å²) in [6.45, 7) is 7.19. The van der Waals surface area contributed by atoms with Crippen LogP contribution in [0.15, 0.2) is 30.6 Å². The summed E-state index contributed by atoms with van der Waals surface area (Å²) >= 11 is 6.21. The maximum atomic E-state index is 11.3. The Morgan fingerprint density at radius 1 is 1.31 bits per heavy atom. The number of ether oxygens (including phenoxy) is 1. The van der Waals surface area contributed by atoms with Crippen LogP contribution in [0.4, 0.5) is 0 Å². The Morgan fingerprint density at radius 2 is 2.10 bits per heavy atom. The molecule has 0 atom stereocenters. The largest absolute Gasteiger partial charge is 0.481 e. The Kier molecular flexibility index (Phi) is 6.87. The second-order valence-corrected chi connectivity index (χ2v) is 7.91. The Labute approximate surface area is 175 Å². The maximum absolute atomic E-state index is 11.3. The van der Waals surface area contributed by atoms with E-state index in [2.05, 4.69) is 25.8 Å². The average Bonchev–Trinajstić information content (AvgIpc) is 3.07. The molecule has 7 heteroatoms. The topological polar surface area (TPSA) is 76.7 Å². The first kappa shape index (κ1) is 21.3. The van der Waals surface area contributed by atoms with Crippen LogP contribution in [0.1, 0.15) is 44.1 Å². The molecule has 0 aromatic carbocycles. The zero-order chi connectivity index (χ0) is 21.0. The SMILES string of the molecule is CCc1ccc2c(-c3cncc(Cl)c3)c(CCC(=O)O)c(COCC(C)C)nn12. The highest BCUT2D eigenvalue weighted by Gasteiger charge is 2.20. The van der Waals surface area contributed by atoms with Crippen LogP contribution in [-0.4, -0.2) is 32.3 Å². The molecule has 0 unspecified atom stereocenters. The van der Waals surface area contributed by atoms with Gasteiger partial charge in [0.25, 0.3) is 0 Å². The Hall–Kier alpha value is -2.44. The summed E-state index contributed by atoms with van der Waals surface area (Å²) < 4.78 is 7.80. The molecule has 3 aromatic rings. The number of hydrogen-bond donors (Lipinski definition) is 1. The third kappa shape index (κ3) is 4.95. The molecule has 29 heavy (non-hydrogen) atoms. The molecule has 1 N–H and O–H groups in total. The molecule has 3 rings (SSSR count). The van der Waals surface area contributed by atoms with Gasteiger partial charge in [-0.3, -0.25) is 9.78 Å². The molecule has 0 amide bonds. The Bertz CT molecular complexity index is 1010. The molecular weight excluding hydrogens is 390 g/mol. The second-order valence-electron chi connectivity index (χ2n) is 7.47. The molecule has 6 nitrogen and oxygen atoms in total. The molecule has 0 fully saturated rings. The van der Waals surface area contributed by atoms with E-state index >= 15 is 0 Å². The predicted octanol–water partition coefficient (Wildman–Crippen LogP) is 4.80. The highest BCUT2D eigenvalue weighted by molar-refractivity contribution is 6.30.